The van der Waals surface area contributed by atoms with Crippen LogP contribution < -0.4 is 15.4 Å². The van der Waals surface area contributed by atoms with Crippen LogP contribution in [-0.2, 0) is 11.2 Å². The monoisotopic (exact) mass is 340 g/mol. The molecule has 1 aliphatic rings. The molecule has 0 bridgehead atoms. The van der Waals surface area contributed by atoms with Gasteiger partial charge < -0.3 is 15.4 Å². The van der Waals surface area contributed by atoms with Gasteiger partial charge in [-0.1, -0.05) is 12.1 Å². The van der Waals surface area contributed by atoms with Crippen LogP contribution in [0.3, 0.4) is 0 Å². The quantitative estimate of drug-likeness (QED) is 0.802. The van der Waals surface area contributed by atoms with Crippen LogP contribution in [0.2, 0.25) is 0 Å². The van der Waals surface area contributed by atoms with Crippen molar-refractivity contribution in [2.45, 2.75) is 45.6 Å². The Hall–Kier alpha value is -1.26. The second-order valence-electron chi connectivity index (χ2n) is 6.34. The predicted molar refractivity (Wildman–Crippen MR) is 96.4 cm³/mol. The normalized spacial score (nSPS) is 17.4. The van der Waals surface area contributed by atoms with E-state index in [0.29, 0.717) is 12.3 Å². The molecule has 1 saturated heterocycles. The van der Waals surface area contributed by atoms with Gasteiger partial charge in [0.25, 0.3) is 0 Å². The van der Waals surface area contributed by atoms with Gasteiger partial charge in [-0.25, -0.2) is 0 Å². The number of nitrogens with one attached hydrogen (secondary N) is 2. The Bertz CT molecular complexity index is 474. The lowest BCUT2D eigenvalue weighted by Crippen LogP contribution is -2.33. The first-order valence-electron chi connectivity index (χ1n) is 8.36. The first kappa shape index (κ1) is 19.8. The molecule has 2 N–H and O–H groups in total. The van der Waals surface area contributed by atoms with Crippen LogP contribution in [0.1, 0.15) is 38.7 Å². The Kier molecular flexibility index (Phi) is 9.03. The number of rotatable bonds is 7. The van der Waals surface area contributed by atoms with Crippen molar-refractivity contribution in [2.75, 3.05) is 19.6 Å². The standard InChI is InChI=1S/C18H28N2O2.ClH/c1-14(2)22-17-7-3-5-16(11-17)12-18(21)20-10-8-15-6-4-9-19-13-15;/h3,5,7,11,14-15,19H,4,6,8-10,12-13H2,1-2H3,(H,20,21);1H. The predicted octanol–water partition coefficient (Wildman–Crippen LogP) is 2.94. The maximum atomic E-state index is 12.0. The van der Waals surface area contributed by atoms with Crippen LogP contribution in [0.15, 0.2) is 24.3 Å². The van der Waals surface area contributed by atoms with Crippen molar-refractivity contribution in [3.63, 3.8) is 0 Å². The second kappa shape index (κ2) is 10.5. The summed E-state index contributed by atoms with van der Waals surface area (Å²) in [5, 5.41) is 6.44. The average molecular weight is 341 g/mol. The lowest BCUT2D eigenvalue weighted by molar-refractivity contribution is -0.120. The molecule has 4 nitrogen and oxygen atoms in total. The van der Waals surface area contributed by atoms with E-state index < -0.39 is 0 Å². The highest BCUT2D eigenvalue weighted by Gasteiger charge is 2.13. The Labute approximate surface area is 145 Å². The molecular formula is C18H29ClN2O2. The van der Waals surface area contributed by atoms with Gasteiger partial charge in [0.15, 0.2) is 0 Å². The van der Waals surface area contributed by atoms with Gasteiger partial charge in [0.05, 0.1) is 12.5 Å². The summed E-state index contributed by atoms with van der Waals surface area (Å²) < 4.78 is 5.66. The number of hydrogen-bond acceptors (Lipinski definition) is 3. The van der Waals surface area contributed by atoms with E-state index in [2.05, 4.69) is 10.6 Å². The Morgan fingerprint density at radius 3 is 2.96 bits per heavy atom. The number of halogens is 1. The highest BCUT2D eigenvalue weighted by molar-refractivity contribution is 5.85. The van der Waals surface area contributed by atoms with Gasteiger partial charge in [-0.05, 0) is 69.8 Å². The Morgan fingerprint density at radius 2 is 2.26 bits per heavy atom. The van der Waals surface area contributed by atoms with Crippen molar-refractivity contribution in [1.29, 1.82) is 0 Å². The zero-order chi connectivity index (χ0) is 15.8. The smallest absolute Gasteiger partial charge is 0.224 e. The largest absolute Gasteiger partial charge is 0.491 e. The van der Waals surface area contributed by atoms with E-state index in [9.17, 15) is 4.79 Å². The highest BCUT2D eigenvalue weighted by atomic mass is 35.5. The van der Waals surface area contributed by atoms with Gasteiger partial charge >= 0.3 is 0 Å². The molecule has 0 aliphatic carbocycles. The first-order chi connectivity index (χ1) is 10.6. The lowest BCUT2D eigenvalue weighted by atomic mass is 9.96. The molecule has 1 aliphatic heterocycles. The average Bonchev–Trinajstić information content (AvgIpc) is 2.48. The van der Waals surface area contributed by atoms with Crippen molar-refractivity contribution in [2.24, 2.45) is 5.92 Å². The van der Waals surface area contributed by atoms with Crippen molar-refractivity contribution in [3.05, 3.63) is 29.8 Å². The number of amides is 1. The summed E-state index contributed by atoms with van der Waals surface area (Å²) >= 11 is 0. The minimum atomic E-state index is 0. The van der Waals surface area contributed by atoms with Crippen molar-refractivity contribution in [3.8, 4) is 5.75 Å². The number of carbonyl (C=O) groups excluding carboxylic acids is 1. The summed E-state index contributed by atoms with van der Waals surface area (Å²) in [5.41, 5.74) is 0.995. The van der Waals surface area contributed by atoms with E-state index in [1.807, 2.05) is 38.1 Å². The number of carbonyl (C=O) groups is 1. The molecule has 1 fully saturated rings. The molecule has 0 aromatic heterocycles. The Morgan fingerprint density at radius 1 is 1.43 bits per heavy atom. The van der Waals surface area contributed by atoms with E-state index in [1.165, 1.54) is 12.8 Å². The molecule has 1 aromatic carbocycles. The molecule has 0 saturated carbocycles. The molecule has 23 heavy (non-hydrogen) atoms. The van der Waals surface area contributed by atoms with Crippen molar-refractivity contribution < 1.29 is 9.53 Å². The van der Waals surface area contributed by atoms with E-state index in [-0.39, 0.29) is 24.4 Å². The minimum Gasteiger partial charge on any atom is -0.491 e. The molecule has 1 atom stereocenters. The van der Waals surface area contributed by atoms with E-state index in [1.54, 1.807) is 0 Å². The molecule has 0 radical (unpaired) electrons. The third kappa shape index (κ3) is 7.71. The summed E-state index contributed by atoms with van der Waals surface area (Å²) in [6.07, 6.45) is 4.15. The summed E-state index contributed by atoms with van der Waals surface area (Å²) in [4.78, 5) is 12.0. The topological polar surface area (TPSA) is 50.4 Å². The molecular weight excluding hydrogens is 312 g/mol. The molecule has 2 rings (SSSR count). The fraction of sp³-hybridized carbons (Fsp3) is 0.611. The van der Waals surface area contributed by atoms with Crippen LogP contribution >= 0.6 is 12.4 Å². The maximum Gasteiger partial charge on any atom is 0.224 e. The van der Waals surface area contributed by atoms with Gasteiger partial charge in [-0.15, -0.1) is 12.4 Å². The van der Waals surface area contributed by atoms with Crippen LogP contribution in [0.5, 0.6) is 5.75 Å². The fourth-order valence-electron chi connectivity index (χ4n) is 2.83. The number of hydrogen-bond donors (Lipinski definition) is 2. The Balaban J connectivity index is 0.00000264. The van der Waals surface area contributed by atoms with E-state index in [0.717, 1.165) is 37.4 Å². The number of piperidine rings is 1. The SMILES string of the molecule is CC(C)Oc1cccc(CC(=O)NCCC2CCCNC2)c1.Cl. The zero-order valence-electron chi connectivity index (χ0n) is 14.1. The lowest BCUT2D eigenvalue weighted by Gasteiger charge is -2.22. The molecule has 1 aromatic rings. The maximum absolute atomic E-state index is 12.0. The van der Waals surface area contributed by atoms with Crippen molar-refractivity contribution in [1.82, 2.24) is 10.6 Å². The summed E-state index contributed by atoms with van der Waals surface area (Å²) in [7, 11) is 0. The van der Waals surface area contributed by atoms with E-state index >= 15 is 0 Å². The van der Waals surface area contributed by atoms with Gasteiger partial charge in [-0.3, -0.25) is 4.79 Å². The zero-order valence-corrected chi connectivity index (χ0v) is 15.0. The molecule has 5 heteroatoms. The molecule has 1 amide bonds. The highest BCUT2D eigenvalue weighted by Crippen LogP contribution is 2.16. The van der Waals surface area contributed by atoms with Gasteiger partial charge in [0, 0.05) is 6.54 Å². The number of benzene rings is 1. The van der Waals surface area contributed by atoms with Crippen LogP contribution in [0.4, 0.5) is 0 Å². The molecule has 130 valence electrons. The van der Waals surface area contributed by atoms with Crippen molar-refractivity contribution >= 4 is 18.3 Å². The van der Waals surface area contributed by atoms with Gasteiger partial charge in [0.2, 0.25) is 5.91 Å². The van der Waals surface area contributed by atoms with Crippen LogP contribution in [0.25, 0.3) is 0 Å². The second-order valence-corrected chi connectivity index (χ2v) is 6.34. The number of ether oxygens (including phenoxy) is 1. The summed E-state index contributed by atoms with van der Waals surface area (Å²) in [6.45, 7) is 6.99. The minimum absolute atomic E-state index is 0. The fourth-order valence-corrected chi connectivity index (χ4v) is 2.83. The molecule has 0 spiro atoms. The molecule has 1 heterocycles. The summed E-state index contributed by atoms with van der Waals surface area (Å²) in [5.74, 6) is 1.62. The molecule has 1 unspecified atom stereocenters. The van der Waals surface area contributed by atoms with E-state index in [4.69, 9.17) is 4.74 Å². The van der Waals surface area contributed by atoms with Gasteiger partial charge in [-0.2, -0.15) is 0 Å². The van der Waals surface area contributed by atoms with Crippen LogP contribution in [0, 0.1) is 5.92 Å². The third-order valence-corrected chi connectivity index (χ3v) is 3.91. The van der Waals surface area contributed by atoms with Gasteiger partial charge in [0.1, 0.15) is 5.75 Å². The summed E-state index contributed by atoms with van der Waals surface area (Å²) in [6, 6.07) is 7.79. The third-order valence-electron chi connectivity index (χ3n) is 3.91. The van der Waals surface area contributed by atoms with Crippen LogP contribution in [-0.4, -0.2) is 31.6 Å². The first-order valence-corrected chi connectivity index (χ1v) is 8.36.